The highest BCUT2D eigenvalue weighted by molar-refractivity contribution is 9.10. The van der Waals surface area contributed by atoms with Crippen LogP contribution in [-0.2, 0) is 13.2 Å². The van der Waals surface area contributed by atoms with E-state index in [-0.39, 0.29) is 12.4 Å². The molecule has 0 heterocycles. The molecule has 4 nitrogen and oxygen atoms in total. The maximum Gasteiger partial charge on any atom is 0.162 e. The fraction of sp³-hybridized carbons (Fsp3) is 0.429. The molecule has 0 spiro atoms. The van der Waals surface area contributed by atoms with Crippen LogP contribution in [0.15, 0.2) is 34.8 Å². The number of rotatable bonds is 11. The highest BCUT2D eigenvalue weighted by Gasteiger charge is 2.13. The Morgan fingerprint density at radius 3 is 2.57 bits per heavy atom. The molecule has 2 rings (SSSR count). The zero-order valence-corrected chi connectivity index (χ0v) is 18.9. The molecule has 0 aliphatic carbocycles. The van der Waals surface area contributed by atoms with Crippen LogP contribution in [0.5, 0.6) is 11.5 Å². The lowest BCUT2D eigenvalue weighted by molar-refractivity contribution is 0.279. The minimum atomic E-state index is -0.389. The van der Waals surface area contributed by atoms with Gasteiger partial charge in [-0.3, -0.25) is 0 Å². The van der Waals surface area contributed by atoms with Crippen LogP contribution in [-0.4, -0.2) is 38.2 Å². The molecule has 0 radical (unpaired) electrons. The lowest BCUT2D eigenvalue weighted by atomic mass is 10.2. The minimum Gasteiger partial charge on any atom is -0.493 e. The van der Waals surface area contributed by atoms with E-state index in [0.717, 1.165) is 36.2 Å². The fourth-order valence-electron chi connectivity index (χ4n) is 2.81. The molecular formula is C21H27BrClFN2O2. The van der Waals surface area contributed by atoms with Crippen LogP contribution in [0.1, 0.15) is 25.0 Å². The van der Waals surface area contributed by atoms with E-state index < -0.39 is 0 Å². The van der Waals surface area contributed by atoms with Crippen LogP contribution in [0.3, 0.4) is 0 Å². The SMILES string of the molecule is CCN(CC)CCNCc1cc(OC)c(OCc2c(F)cccc2Cl)cc1Br. The van der Waals surface area contributed by atoms with Crippen molar-refractivity contribution in [3.05, 3.63) is 56.8 Å². The van der Waals surface area contributed by atoms with Crippen molar-refractivity contribution in [1.29, 1.82) is 0 Å². The summed E-state index contributed by atoms with van der Waals surface area (Å²) in [6.45, 7) is 9.07. The maximum absolute atomic E-state index is 13.9. The van der Waals surface area contributed by atoms with E-state index >= 15 is 0 Å². The Morgan fingerprint density at radius 2 is 1.93 bits per heavy atom. The standard InChI is InChI=1S/C21H27BrClFN2O2/c1-4-26(5-2)10-9-25-13-15-11-20(27-3)21(12-17(15)22)28-14-16-18(23)7-6-8-19(16)24/h6-8,11-12,25H,4-5,9-10,13-14H2,1-3H3. The smallest absolute Gasteiger partial charge is 0.162 e. The molecule has 0 saturated heterocycles. The molecule has 28 heavy (non-hydrogen) atoms. The first kappa shape index (κ1) is 22.9. The van der Waals surface area contributed by atoms with E-state index in [1.165, 1.54) is 6.07 Å². The van der Waals surface area contributed by atoms with E-state index in [0.29, 0.717) is 28.6 Å². The summed E-state index contributed by atoms with van der Waals surface area (Å²) in [5.41, 5.74) is 1.39. The zero-order valence-electron chi connectivity index (χ0n) is 16.5. The van der Waals surface area contributed by atoms with Crippen molar-refractivity contribution < 1.29 is 13.9 Å². The van der Waals surface area contributed by atoms with Gasteiger partial charge in [0.15, 0.2) is 11.5 Å². The van der Waals surface area contributed by atoms with Gasteiger partial charge < -0.3 is 19.7 Å². The normalized spacial score (nSPS) is 11.1. The van der Waals surface area contributed by atoms with Gasteiger partial charge in [-0.2, -0.15) is 0 Å². The molecule has 0 aliphatic rings. The van der Waals surface area contributed by atoms with Crippen LogP contribution in [0.4, 0.5) is 4.39 Å². The molecule has 0 amide bonds. The van der Waals surface area contributed by atoms with Gasteiger partial charge >= 0.3 is 0 Å². The third-order valence-corrected chi connectivity index (χ3v) is 5.67. The quantitative estimate of drug-likeness (QED) is 0.451. The molecular weight excluding hydrogens is 447 g/mol. The van der Waals surface area contributed by atoms with E-state index in [4.69, 9.17) is 21.1 Å². The van der Waals surface area contributed by atoms with Gasteiger partial charge in [-0.05, 0) is 42.9 Å². The zero-order chi connectivity index (χ0) is 20.5. The summed E-state index contributed by atoms with van der Waals surface area (Å²) in [6, 6.07) is 8.34. The molecule has 0 saturated carbocycles. The summed E-state index contributed by atoms with van der Waals surface area (Å²) in [5, 5.41) is 3.79. The van der Waals surface area contributed by atoms with Crippen LogP contribution in [0, 0.1) is 5.82 Å². The second-order valence-electron chi connectivity index (χ2n) is 6.29. The monoisotopic (exact) mass is 472 g/mol. The second kappa shape index (κ2) is 11.6. The minimum absolute atomic E-state index is 0.0236. The molecule has 2 aromatic rings. The third-order valence-electron chi connectivity index (χ3n) is 4.58. The Labute approximate surface area is 180 Å². The van der Waals surface area contributed by atoms with Crippen LogP contribution in [0.2, 0.25) is 5.02 Å². The Kier molecular flexibility index (Phi) is 9.51. The Balaban J connectivity index is 2.02. The predicted molar refractivity (Wildman–Crippen MR) is 116 cm³/mol. The van der Waals surface area contributed by atoms with Gasteiger partial charge in [0.2, 0.25) is 0 Å². The highest BCUT2D eigenvalue weighted by Crippen LogP contribution is 2.34. The number of likely N-dealkylation sites (N-methyl/N-ethyl adjacent to an activating group) is 1. The average molecular weight is 474 g/mol. The summed E-state index contributed by atoms with van der Waals surface area (Å²) >= 11 is 9.66. The van der Waals surface area contributed by atoms with E-state index in [1.807, 2.05) is 12.1 Å². The van der Waals surface area contributed by atoms with E-state index in [2.05, 4.69) is 40.0 Å². The number of hydrogen-bond acceptors (Lipinski definition) is 4. The van der Waals surface area contributed by atoms with Crippen molar-refractivity contribution in [3.8, 4) is 11.5 Å². The van der Waals surface area contributed by atoms with Crippen molar-refractivity contribution in [1.82, 2.24) is 10.2 Å². The van der Waals surface area contributed by atoms with Gasteiger partial charge in [-0.15, -0.1) is 0 Å². The first-order chi connectivity index (χ1) is 13.5. The number of nitrogens with one attached hydrogen (secondary N) is 1. The summed E-state index contributed by atoms with van der Waals surface area (Å²) in [4.78, 5) is 2.37. The molecule has 0 atom stereocenters. The van der Waals surface area contributed by atoms with Gasteiger partial charge in [-0.25, -0.2) is 4.39 Å². The van der Waals surface area contributed by atoms with Crippen LogP contribution < -0.4 is 14.8 Å². The molecule has 0 aromatic heterocycles. The molecule has 1 N–H and O–H groups in total. The fourth-order valence-corrected chi connectivity index (χ4v) is 3.49. The first-order valence-electron chi connectivity index (χ1n) is 9.35. The van der Waals surface area contributed by atoms with Gasteiger partial charge in [-0.1, -0.05) is 47.4 Å². The lowest BCUT2D eigenvalue weighted by Gasteiger charge is -2.18. The highest BCUT2D eigenvalue weighted by atomic mass is 79.9. The summed E-state index contributed by atoms with van der Waals surface area (Å²) in [7, 11) is 1.59. The Hall–Kier alpha value is -1.34. The van der Waals surface area contributed by atoms with Gasteiger partial charge in [0.1, 0.15) is 12.4 Å². The second-order valence-corrected chi connectivity index (χ2v) is 7.55. The molecule has 0 fully saturated rings. The molecule has 0 aliphatic heterocycles. The molecule has 0 bridgehead atoms. The number of nitrogens with zero attached hydrogens (tertiary/aromatic N) is 1. The van der Waals surface area contributed by atoms with Crippen molar-refractivity contribution in [3.63, 3.8) is 0 Å². The molecule has 2 aromatic carbocycles. The van der Waals surface area contributed by atoms with Crippen molar-refractivity contribution in [2.45, 2.75) is 27.0 Å². The van der Waals surface area contributed by atoms with Crippen LogP contribution in [0.25, 0.3) is 0 Å². The number of benzene rings is 2. The predicted octanol–water partition coefficient (Wildman–Crippen LogP) is 5.26. The van der Waals surface area contributed by atoms with Crippen molar-refractivity contribution >= 4 is 27.5 Å². The lowest BCUT2D eigenvalue weighted by Crippen LogP contribution is -2.31. The number of hydrogen-bond donors (Lipinski definition) is 1. The van der Waals surface area contributed by atoms with Crippen LogP contribution >= 0.6 is 27.5 Å². The summed E-state index contributed by atoms with van der Waals surface area (Å²) in [5.74, 6) is 0.733. The maximum atomic E-state index is 13.9. The van der Waals surface area contributed by atoms with Gasteiger partial charge in [0, 0.05) is 29.7 Å². The largest absolute Gasteiger partial charge is 0.493 e. The number of halogens is 3. The summed E-state index contributed by atoms with van der Waals surface area (Å²) in [6.07, 6.45) is 0. The van der Waals surface area contributed by atoms with Gasteiger partial charge in [0.05, 0.1) is 12.1 Å². The van der Waals surface area contributed by atoms with Gasteiger partial charge in [0.25, 0.3) is 0 Å². The summed E-state index contributed by atoms with van der Waals surface area (Å²) < 4.78 is 26.1. The Bertz CT molecular complexity index is 752. The van der Waals surface area contributed by atoms with Crippen molar-refractivity contribution in [2.24, 2.45) is 0 Å². The molecule has 7 heteroatoms. The number of ether oxygens (including phenoxy) is 2. The first-order valence-corrected chi connectivity index (χ1v) is 10.5. The Morgan fingerprint density at radius 1 is 1.18 bits per heavy atom. The van der Waals surface area contributed by atoms with E-state index in [9.17, 15) is 4.39 Å². The van der Waals surface area contributed by atoms with Crippen molar-refractivity contribution in [2.75, 3.05) is 33.3 Å². The van der Waals surface area contributed by atoms with E-state index in [1.54, 1.807) is 19.2 Å². The topological polar surface area (TPSA) is 33.7 Å². The third kappa shape index (κ3) is 6.34. The average Bonchev–Trinajstić information content (AvgIpc) is 2.69. The molecule has 154 valence electrons. The molecule has 0 unspecified atom stereocenters. The number of methoxy groups -OCH3 is 1.